The van der Waals surface area contributed by atoms with Gasteiger partial charge in [-0.05, 0) is 12.8 Å². The predicted molar refractivity (Wildman–Crippen MR) is 35.7 cm³/mol. The van der Waals surface area contributed by atoms with Crippen LogP contribution in [-0.4, -0.2) is 28.1 Å². The summed E-state index contributed by atoms with van der Waals surface area (Å²) in [5.41, 5.74) is 0. The van der Waals surface area contributed by atoms with Gasteiger partial charge in [0.1, 0.15) is 0 Å². The van der Waals surface area contributed by atoms with Crippen LogP contribution in [-0.2, 0) is 20.3 Å². The minimum atomic E-state index is -2.14. The van der Waals surface area contributed by atoms with Gasteiger partial charge in [0.05, 0.1) is 12.7 Å². The number of ether oxygens (including phenoxy) is 1. The third kappa shape index (κ3) is 2.74. The van der Waals surface area contributed by atoms with Gasteiger partial charge in [0.25, 0.3) is 0 Å². The summed E-state index contributed by atoms with van der Waals surface area (Å²) in [5, 5.41) is 0. The molecule has 5 heteroatoms. The summed E-state index contributed by atoms with van der Waals surface area (Å²) >= 11 is -2.14. The van der Waals surface area contributed by atoms with E-state index in [4.69, 9.17) is 9.29 Å². The fraction of sp³-hybridized carbons (Fsp3) is 1.00. The van der Waals surface area contributed by atoms with Gasteiger partial charge in [-0.2, -0.15) is 4.21 Å². The molecular formula is C5H10O4S. The Morgan fingerprint density at radius 2 is 2.60 bits per heavy atom. The van der Waals surface area contributed by atoms with E-state index >= 15 is 0 Å². The Morgan fingerprint density at radius 1 is 1.80 bits per heavy atom. The summed E-state index contributed by atoms with van der Waals surface area (Å²) in [6, 6.07) is 0. The van der Waals surface area contributed by atoms with Crippen molar-refractivity contribution in [1.29, 1.82) is 0 Å². The number of hydrogen-bond acceptors (Lipinski definition) is 3. The van der Waals surface area contributed by atoms with Gasteiger partial charge in [-0.1, -0.05) is 0 Å². The Kier molecular flexibility index (Phi) is 3.27. The summed E-state index contributed by atoms with van der Waals surface area (Å²) in [5.74, 6) is 0. The van der Waals surface area contributed by atoms with Gasteiger partial charge in [-0.15, -0.1) is 0 Å². The van der Waals surface area contributed by atoms with E-state index in [-0.39, 0.29) is 12.7 Å². The molecule has 1 aliphatic rings. The SMILES string of the molecule is O=S(O)OCC1CCCO1. The Bertz CT molecular complexity index is 121. The third-order valence-electron chi connectivity index (χ3n) is 1.38. The van der Waals surface area contributed by atoms with E-state index in [0.29, 0.717) is 0 Å². The molecule has 1 N–H and O–H groups in total. The van der Waals surface area contributed by atoms with Crippen molar-refractivity contribution in [2.45, 2.75) is 18.9 Å². The van der Waals surface area contributed by atoms with Crippen LogP contribution in [0.25, 0.3) is 0 Å². The number of hydrogen-bond donors (Lipinski definition) is 1. The highest BCUT2D eigenvalue weighted by Crippen LogP contribution is 2.11. The molecule has 1 aliphatic heterocycles. The third-order valence-corrected chi connectivity index (χ3v) is 1.72. The predicted octanol–water partition coefficient (Wildman–Crippen LogP) is 0.319. The van der Waals surface area contributed by atoms with Crippen LogP contribution in [0, 0.1) is 0 Å². The van der Waals surface area contributed by atoms with Crippen LogP contribution in [0.5, 0.6) is 0 Å². The molecule has 2 unspecified atom stereocenters. The van der Waals surface area contributed by atoms with Gasteiger partial charge in [0, 0.05) is 6.61 Å². The highest BCUT2D eigenvalue weighted by Gasteiger charge is 2.16. The second-order valence-electron chi connectivity index (χ2n) is 2.14. The molecule has 0 spiro atoms. The molecule has 4 nitrogen and oxygen atoms in total. The van der Waals surface area contributed by atoms with Crippen LogP contribution >= 0.6 is 0 Å². The van der Waals surface area contributed by atoms with E-state index in [2.05, 4.69) is 4.18 Å². The largest absolute Gasteiger partial charge is 0.376 e. The minimum absolute atomic E-state index is 0.0242. The zero-order valence-electron chi connectivity index (χ0n) is 5.49. The summed E-state index contributed by atoms with van der Waals surface area (Å²) in [6.45, 7) is 0.967. The molecule has 1 saturated heterocycles. The van der Waals surface area contributed by atoms with Gasteiger partial charge in [-0.25, -0.2) is 0 Å². The monoisotopic (exact) mass is 166 g/mol. The molecule has 0 radical (unpaired) electrons. The van der Waals surface area contributed by atoms with Crippen molar-refractivity contribution in [2.75, 3.05) is 13.2 Å². The second kappa shape index (κ2) is 4.02. The lowest BCUT2D eigenvalue weighted by Crippen LogP contribution is -2.14. The van der Waals surface area contributed by atoms with E-state index in [1.165, 1.54) is 0 Å². The summed E-state index contributed by atoms with van der Waals surface area (Å²) in [4.78, 5) is 0. The van der Waals surface area contributed by atoms with Crippen molar-refractivity contribution in [2.24, 2.45) is 0 Å². The normalized spacial score (nSPS) is 28.7. The van der Waals surface area contributed by atoms with E-state index in [1.54, 1.807) is 0 Å². The topological polar surface area (TPSA) is 55.8 Å². The van der Waals surface area contributed by atoms with Gasteiger partial charge < -0.3 is 4.74 Å². The van der Waals surface area contributed by atoms with Gasteiger partial charge in [0.2, 0.25) is 0 Å². The summed E-state index contributed by atoms with van der Waals surface area (Å²) in [6.07, 6.45) is 1.97. The molecule has 0 aromatic carbocycles. The quantitative estimate of drug-likeness (QED) is 0.613. The molecule has 10 heavy (non-hydrogen) atoms. The Balaban J connectivity index is 2.07. The van der Waals surface area contributed by atoms with Crippen molar-refractivity contribution < 1.29 is 17.7 Å². The highest BCUT2D eigenvalue weighted by molar-refractivity contribution is 7.74. The van der Waals surface area contributed by atoms with Crippen molar-refractivity contribution in [1.82, 2.24) is 0 Å². The molecule has 2 atom stereocenters. The van der Waals surface area contributed by atoms with Crippen LogP contribution in [0.3, 0.4) is 0 Å². The Hall–Kier alpha value is 0.0300. The molecule has 60 valence electrons. The molecule has 0 amide bonds. The van der Waals surface area contributed by atoms with Gasteiger partial charge >= 0.3 is 11.4 Å². The average molecular weight is 166 g/mol. The lowest BCUT2D eigenvalue weighted by Gasteiger charge is -2.05. The van der Waals surface area contributed by atoms with Crippen LogP contribution in [0.4, 0.5) is 0 Å². The maximum Gasteiger partial charge on any atom is 0.301 e. The average Bonchev–Trinajstić information content (AvgIpc) is 2.34. The maximum absolute atomic E-state index is 9.99. The molecule has 1 heterocycles. The van der Waals surface area contributed by atoms with Crippen molar-refractivity contribution in [3.8, 4) is 0 Å². The lowest BCUT2D eigenvalue weighted by molar-refractivity contribution is 0.0694. The fourth-order valence-electron chi connectivity index (χ4n) is 0.910. The number of rotatable bonds is 3. The molecule has 0 aliphatic carbocycles. The van der Waals surface area contributed by atoms with Crippen LogP contribution < -0.4 is 0 Å². The maximum atomic E-state index is 9.99. The lowest BCUT2D eigenvalue weighted by atomic mass is 10.2. The van der Waals surface area contributed by atoms with Crippen LogP contribution in [0.2, 0.25) is 0 Å². The summed E-state index contributed by atoms with van der Waals surface area (Å²) < 4.78 is 27.8. The zero-order valence-corrected chi connectivity index (χ0v) is 6.30. The van der Waals surface area contributed by atoms with Gasteiger partial charge in [0.15, 0.2) is 0 Å². The fourth-order valence-corrected chi connectivity index (χ4v) is 1.18. The Morgan fingerprint density at radius 3 is 3.10 bits per heavy atom. The van der Waals surface area contributed by atoms with Gasteiger partial charge in [-0.3, -0.25) is 8.74 Å². The highest BCUT2D eigenvalue weighted by atomic mass is 32.2. The first kappa shape index (κ1) is 8.13. The van der Waals surface area contributed by atoms with E-state index in [9.17, 15) is 4.21 Å². The molecule has 0 bridgehead atoms. The molecule has 1 fully saturated rings. The van der Waals surface area contributed by atoms with Crippen molar-refractivity contribution in [3.05, 3.63) is 0 Å². The first-order valence-corrected chi connectivity index (χ1v) is 4.18. The molecule has 0 saturated carbocycles. The molecule has 1 rings (SSSR count). The van der Waals surface area contributed by atoms with Crippen LogP contribution in [0.1, 0.15) is 12.8 Å². The Labute approximate surface area is 62.0 Å². The molecule has 0 aromatic rings. The van der Waals surface area contributed by atoms with E-state index in [1.807, 2.05) is 0 Å². The summed E-state index contributed by atoms with van der Waals surface area (Å²) in [7, 11) is 0. The first-order chi connectivity index (χ1) is 4.79. The zero-order chi connectivity index (χ0) is 7.40. The van der Waals surface area contributed by atoms with Crippen LogP contribution in [0.15, 0.2) is 0 Å². The molecule has 0 aromatic heterocycles. The molecular weight excluding hydrogens is 156 g/mol. The van der Waals surface area contributed by atoms with E-state index in [0.717, 1.165) is 19.4 Å². The smallest absolute Gasteiger partial charge is 0.301 e. The minimum Gasteiger partial charge on any atom is -0.376 e. The van der Waals surface area contributed by atoms with Crippen molar-refractivity contribution in [3.63, 3.8) is 0 Å². The van der Waals surface area contributed by atoms with Crippen molar-refractivity contribution >= 4 is 11.4 Å². The second-order valence-corrected chi connectivity index (χ2v) is 2.81. The standard InChI is InChI=1S/C5H10O4S/c6-10(7)9-4-5-2-1-3-8-5/h5H,1-4H2,(H,6,7). The first-order valence-electron chi connectivity index (χ1n) is 3.15. The van der Waals surface area contributed by atoms with E-state index < -0.39 is 11.4 Å².